The first kappa shape index (κ1) is 16.5. The lowest BCUT2D eigenvalue weighted by atomic mass is 9.89. The molecule has 0 spiro atoms. The van der Waals surface area contributed by atoms with E-state index in [9.17, 15) is 5.11 Å². The maximum Gasteiger partial charge on any atom is 0.0610 e. The monoisotopic (exact) mass is 314 g/mol. The van der Waals surface area contributed by atoms with E-state index in [0.717, 1.165) is 12.3 Å². The second kappa shape index (κ2) is 7.50. The molecule has 1 saturated carbocycles. The summed E-state index contributed by atoms with van der Waals surface area (Å²) in [5.41, 5.74) is 10.4. The van der Waals surface area contributed by atoms with Gasteiger partial charge >= 0.3 is 0 Å². The van der Waals surface area contributed by atoms with Gasteiger partial charge in [0, 0.05) is 29.7 Å². The lowest BCUT2D eigenvalue weighted by molar-refractivity contribution is 0.278. The molecule has 0 saturated heterocycles. The number of benzene rings is 1. The van der Waals surface area contributed by atoms with Crippen molar-refractivity contribution in [3.05, 3.63) is 35.5 Å². The van der Waals surface area contributed by atoms with Crippen LogP contribution >= 0.6 is 0 Å². The summed E-state index contributed by atoms with van der Waals surface area (Å²) in [5.74, 6) is 0.771. The smallest absolute Gasteiger partial charge is 0.0610 e. The zero-order valence-electron chi connectivity index (χ0n) is 14.3. The predicted molar refractivity (Wildman–Crippen MR) is 96.5 cm³/mol. The van der Waals surface area contributed by atoms with Crippen molar-refractivity contribution < 1.29 is 5.11 Å². The molecule has 0 bridgehead atoms. The van der Waals surface area contributed by atoms with Crippen LogP contribution < -0.4 is 5.73 Å². The van der Waals surface area contributed by atoms with Crippen molar-refractivity contribution in [1.82, 2.24) is 4.57 Å². The van der Waals surface area contributed by atoms with Gasteiger partial charge in [-0.1, -0.05) is 50.7 Å². The third-order valence-electron chi connectivity index (χ3n) is 5.45. The highest BCUT2D eigenvalue weighted by Crippen LogP contribution is 2.34. The summed E-state index contributed by atoms with van der Waals surface area (Å²) in [5, 5.41) is 10.6. The molecule has 23 heavy (non-hydrogen) atoms. The number of aliphatic hydroxyl groups excluding tert-OH is 1. The van der Waals surface area contributed by atoms with E-state index in [0.29, 0.717) is 6.54 Å². The molecule has 1 heterocycles. The van der Waals surface area contributed by atoms with Crippen molar-refractivity contribution in [2.45, 2.75) is 64.5 Å². The fourth-order valence-corrected chi connectivity index (χ4v) is 4.23. The average Bonchev–Trinajstić information content (AvgIpc) is 2.73. The number of aromatic nitrogens is 1. The Kier molecular flexibility index (Phi) is 5.39. The summed E-state index contributed by atoms with van der Waals surface area (Å²) in [6.45, 7) is 2.96. The lowest BCUT2D eigenvalue weighted by Crippen LogP contribution is -2.15. The Labute approximate surface area is 139 Å². The second-order valence-corrected chi connectivity index (χ2v) is 7.17. The number of hydrogen-bond acceptors (Lipinski definition) is 2. The van der Waals surface area contributed by atoms with Gasteiger partial charge in [-0.15, -0.1) is 0 Å². The fourth-order valence-electron chi connectivity index (χ4n) is 4.23. The molecule has 126 valence electrons. The van der Waals surface area contributed by atoms with Gasteiger partial charge < -0.3 is 15.4 Å². The number of rotatable bonds is 5. The van der Waals surface area contributed by atoms with E-state index in [-0.39, 0.29) is 12.6 Å². The standard InChI is InChI=1S/C20H30N2O/c1-15-7-6-10-19-20(15)17(14-22(19)11-12-23)18(21)13-16-8-4-2-3-5-9-16/h6-7,10,14,16,18,23H,2-5,8-9,11-13,21H2,1H3/t18-/m1/s1. The van der Waals surface area contributed by atoms with Gasteiger partial charge in [-0.05, 0) is 36.5 Å². The van der Waals surface area contributed by atoms with Crippen molar-refractivity contribution in [1.29, 1.82) is 0 Å². The van der Waals surface area contributed by atoms with Crippen LogP contribution in [0.4, 0.5) is 0 Å². The van der Waals surface area contributed by atoms with Crippen LogP contribution in [0.15, 0.2) is 24.4 Å². The summed E-state index contributed by atoms with van der Waals surface area (Å²) in [4.78, 5) is 0. The first-order chi connectivity index (χ1) is 11.2. The summed E-state index contributed by atoms with van der Waals surface area (Å²) in [6, 6.07) is 6.49. The minimum absolute atomic E-state index is 0.0987. The highest BCUT2D eigenvalue weighted by atomic mass is 16.3. The molecule has 0 amide bonds. The maximum atomic E-state index is 9.34. The van der Waals surface area contributed by atoms with Crippen molar-refractivity contribution in [3.8, 4) is 0 Å². The van der Waals surface area contributed by atoms with Crippen molar-refractivity contribution in [3.63, 3.8) is 0 Å². The van der Waals surface area contributed by atoms with E-state index < -0.39 is 0 Å². The van der Waals surface area contributed by atoms with Crippen LogP contribution in [0.25, 0.3) is 10.9 Å². The zero-order chi connectivity index (χ0) is 16.2. The normalized spacial score (nSPS) is 18.2. The Hall–Kier alpha value is -1.32. The Bertz CT molecular complexity index is 638. The molecule has 0 radical (unpaired) electrons. The van der Waals surface area contributed by atoms with Gasteiger partial charge in [0.25, 0.3) is 0 Å². The van der Waals surface area contributed by atoms with Crippen molar-refractivity contribution >= 4 is 10.9 Å². The highest BCUT2D eigenvalue weighted by Gasteiger charge is 2.21. The molecule has 1 aromatic carbocycles. The minimum atomic E-state index is 0.0987. The topological polar surface area (TPSA) is 51.2 Å². The highest BCUT2D eigenvalue weighted by molar-refractivity contribution is 5.87. The van der Waals surface area contributed by atoms with Gasteiger partial charge in [0.1, 0.15) is 0 Å². The molecule has 2 aromatic rings. The van der Waals surface area contributed by atoms with E-state index >= 15 is 0 Å². The van der Waals surface area contributed by atoms with Gasteiger partial charge in [0.15, 0.2) is 0 Å². The molecule has 1 atom stereocenters. The van der Waals surface area contributed by atoms with Crippen LogP contribution in [0.3, 0.4) is 0 Å². The molecule has 1 aromatic heterocycles. The van der Waals surface area contributed by atoms with Gasteiger partial charge in [0.2, 0.25) is 0 Å². The van der Waals surface area contributed by atoms with E-state index in [1.807, 2.05) is 0 Å². The maximum absolute atomic E-state index is 9.34. The van der Waals surface area contributed by atoms with Crippen molar-refractivity contribution in [2.24, 2.45) is 11.7 Å². The molecule has 1 aliphatic rings. The van der Waals surface area contributed by atoms with Crippen LogP contribution in [0.1, 0.15) is 62.1 Å². The number of nitrogens with two attached hydrogens (primary N) is 1. The van der Waals surface area contributed by atoms with Gasteiger partial charge in [-0.2, -0.15) is 0 Å². The van der Waals surface area contributed by atoms with E-state index in [2.05, 4.69) is 35.9 Å². The van der Waals surface area contributed by atoms with Gasteiger partial charge in [-0.3, -0.25) is 0 Å². The van der Waals surface area contributed by atoms with E-state index in [1.165, 1.54) is 60.6 Å². The molecular weight excluding hydrogens is 284 g/mol. The van der Waals surface area contributed by atoms with Crippen LogP contribution in [0.5, 0.6) is 0 Å². The summed E-state index contributed by atoms with van der Waals surface area (Å²) < 4.78 is 2.16. The number of hydrogen-bond donors (Lipinski definition) is 2. The molecule has 0 unspecified atom stereocenters. The molecular formula is C20H30N2O. The molecule has 3 heteroatoms. The zero-order valence-corrected chi connectivity index (χ0v) is 14.3. The van der Waals surface area contributed by atoms with E-state index in [1.54, 1.807) is 0 Å². The third kappa shape index (κ3) is 3.61. The summed E-state index contributed by atoms with van der Waals surface area (Å²) in [6.07, 6.45) is 11.4. The SMILES string of the molecule is Cc1cccc2c1c([C@H](N)CC1CCCCCC1)cn2CCO. The number of fused-ring (bicyclic) bond motifs is 1. The molecule has 1 fully saturated rings. The number of nitrogens with zero attached hydrogens (tertiary/aromatic N) is 1. The fraction of sp³-hybridized carbons (Fsp3) is 0.600. The lowest BCUT2D eigenvalue weighted by Gasteiger charge is -2.19. The Balaban J connectivity index is 1.88. The number of aryl methyl sites for hydroxylation is 1. The first-order valence-corrected chi connectivity index (χ1v) is 9.15. The predicted octanol–water partition coefficient (Wildman–Crippen LogP) is 4.30. The summed E-state index contributed by atoms with van der Waals surface area (Å²) in [7, 11) is 0. The molecule has 3 N–H and O–H groups in total. The van der Waals surface area contributed by atoms with Crippen LogP contribution in [-0.2, 0) is 6.54 Å². The van der Waals surface area contributed by atoms with Gasteiger partial charge in [0.05, 0.1) is 6.61 Å². The van der Waals surface area contributed by atoms with Crippen LogP contribution in [-0.4, -0.2) is 16.3 Å². The second-order valence-electron chi connectivity index (χ2n) is 7.17. The molecule has 3 nitrogen and oxygen atoms in total. The van der Waals surface area contributed by atoms with Crippen molar-refractivity contribution in [2.75, 3.05) is 6.61 Å². The first-order valence-electron chi connectivity index (χ1n) is 9.15. The molecule has 1 aliphatic carbocycles. The molecule has 0 aliphatic heterocycles. The van der Waals surface area contributed by atoms with Crippen LogP contribution in [0, 0.1) is 12.8 Å². The Morgan fingerprint density at radius 2 is 1.96 bits per heavy atom. The quantitative estimate of drug-likeness (QED) is 0.808. The minimum Gasteiger partial charge on any atom is -0.395 e. The Morgan fingerprint density at radius 3 is 2.65 bits per heavy atom. The molecule has 3 rings (SSSR count). The Morgan fingerprint density at radius 1 is 1.22 bits per heavy atom. The van der Waals surface area contributed by atoms with Crippen LogP contribution in [0.2, 0.25) is 0 Å². The third-order valence-corrected chi connectivity index (χ3v) is 5.45. The largest absolute Gasteiger partial charge is 0.395 e. The number of aliphatic hydroxyl groups is 1. The van der Waals surface area contributed by atoms with E-state index in [4.69, 9.17) is 5.73 Å². The summed E-state index contributed by atoms with van der Waals surface area (Å²) >= 11 is 0. The van der Waals surface area contributed by atoms with Gasteiger partial charge in [-0.25, -0.2) is 0 Å². The average molecular weight is 314 g/mol.